The number of aromatic nitrogens is 1. The number of hydrogen-bond donors (Lipinski definition) is 0. The van der Waals surface area contributed by atoms with Crippen LogP contribution < -0.4 is 0 Å². The highest BCUT2D eigenvalue weighted by molar-refractivity contribution is 5.94. The molecule has 3 nitrogen and oxygen atoms in total. The van der Waals surface area contributed by atoms with Crippen LogP contribution in [0.25, 0.3) is 0 Å². The van der Waals surface area contributed by atoms with Gasteiger partial charge in [-0.1, -0.05) is 30.3 Å². The van der Waals surface area contributed by atoms with Crippen molar-refractivity contribution in [3.8, 4) is 0 Å². The number of carbonyl (C=O) groups excluding carboxylic acids is 1. The van der Waals surface area contributed by atoms with Crippen molar-refractivity contribution in [2.75, 3.05) is 13.1 Å². The van der Waals surface area contributed by atoms with Crippen molar-refractivity contribution in [2.24, 2.45) is 5.41 Å². The largest absolute Gasteiger partial charge is 0.337 e. The molecule has 1 saturated carbocycles. The van der Waals surface area contributed by atoms with Crippen molar-refractivity contribution in [2.45, 2.75) is 18.8 Å². The summed E-state index contributed by atoms with van der Waals surface area (Å²) < 4.78 is 13.1. The zero-order chi connectivity index (χ0) is 15.2. The summed E-state index contributed by atoms with van der Waals surface area (Å²) in [6.45, 7) is 1.57. The average Bonchev–Trinajstić information content (AvgIpc) is 2.45. The van der Waals surface area contributed by atoms with Gasteiger partial charge >= 0.3 is 0 Å². The molecule has 1 aromatic carbocycles. The lowest BCUT2D eigenvalue weighted by atomic mass is 9.56. The van der Waals surface area contributed by atoms with Crippen LogP contribution in [0.1, 0.15) is 34.7 Å². The molecule has 2 aliphatic rings. The Bertz CT molecular complexity index is 702. The highest BCUT2D eigenvalue weighted by atomic mass is 19.1. The molecule has 2 fully saturated rings. The van der Waals surface area contributed by atoms with E-state index in [2.05, 4.69) is 29.2 Å². The Hall–Kier alpha value is -2.23. The standard InChI is InChI=1S/C18H17FN2O/c19-16-6-14(9-20-10-16)17(22)21-11-18(12-21)7-15(8-18)13-4-2-1-3-5-13/h1-6,9-10,15H,7-8,11-12H2. The number of hydrogen-bond acceptors (Lipinski definition) is 2. The number of rotatable bonds is 2. The van der Waals surface area contributed by atoms with Gasteiger partial charge in [0.2, 0.25) is 0 Å². The summed E-state index contributed by atoms with van der Waals surface area (Å²) in [5.74, 6) is 0.0453. The second-order valence-corrected chi connectivity index (χ2v) is 6.57. The van der Waals surface area contributed by atoms with Crippen molar-refractivity contribution >= 4 is 5.91 Å². The molecule has 1 saturated heterocycles. The summed E-state index contributed by atoms with van der Waals surface area (Å²) in [5.41, 5.74) is 2.03. The van der Waals surface area contributed by atoms with Crippen molar-refractivity contribution in [3.63, 3.8) is 0 Å². The molecule has 0 atom stereocenters. The molecule has 0 bridgehead atoms. The fourth-order valence-electron chi connectivity index (χ4n) is 3.82. The van der Waals surface area contributed by atoms with E-state index < -0.39 is 5.82 Å². The van der Waals surface area contributed by atoms with Crippen molar-refractivity contribution in [3.05, 3.63) is 65.7 Å². The molecule has 2 heterocycles. The normalized spacial score (nSPS) is 19.6. The Kier molecular flexibility index (Phi) is 2.99. The SMILES string of the molecule is O=C(c1cncc(F)c1)N1CC2(CC(c3ccccc3)C2)C1. The Morgan fingerprint density at radius 1 is 1.18 bits per heavy atom. The maximum absolute atomic E-state index is 13.1. The summed E-state index contributed by atoms with van der Waals surface area (Å²) in [6, 6.07) is 11.8. The Morgan fingerprint density at radius 3 is 2.59 bits per heavy atom. The van der Waals surface area contributed by atoms with Gasteiger partial charge in [0.15, 0.2) is 0 Å². The van der Waals surface area contributed by atoms with Gasteiger partial charge in [-0.2, -0.15) is 0 Å². The van der Waals surface area contributed by atoms with Gasteiger partial charge < -0.3 is 4.90 Å². The first kappa shape index (κ1) is 13.4. The summed E-state index contributed by atoms with van der Waals surface area (Å²) in [5, 5.41) is 0. The highest BCUT2D eigenvalue weighted by Crippen LogP contribution is 2.56. The molecule has 1 aliphatic heterocycles. The highest BCUT2D eigenvalue weighted by Gasteiger charge is 2.53. The van der Waals surface area contributed by atoms with Crippen molar-refractivity contribution < 1.29 is 9.18 Å². The molecular formula is C18H17FN2O. The van der Waals surface area contributed by atoms with E-state index in [0.29, 0.717) is 11.5 Å². The van der Waals surface area contributed by atoms with Gasteiger partial charge in [-0.25, -0.2) is 4.39 Å². The first-order valence-electron chi connectivity index (χ1n) is 7.60. The van der Waals surface area contributed by atoms with Crippen LogP contribution in [0.2, 0.25) is 0 Å². The third kappa shape index (κ3) is 2.19. The number of likely N-dealkylation sites (tertiary alicyclic amines) is 1. The zero-order valence-corrected chi connectivity index (χ0v) is 12.2. The van der Waals surface area contributed by atoms with E-state index in [4.69, 9.17) is 0 Å². The lowest BCUT2D eigenvalue weighted by molar-refractivity contribution is -0.0554. The van der Waals surface area contributed by atoms with E-state index in [0.717, 1.165) is 32.1 Å². The molecule has 1 aliphatic carbocycles. The molecule has 0 N–H and O–H groups in total. The number of carbonyl (C=O) groups is 1. The fourth-order valence-corrected chi connectivity index (χ4v) is 3.82. The average molecular weight is 296 g/mol. The smallest absolute Gasteiger partial charge is 0.255 e. The molecule has 1 amide bonds. The van der Waals surface area contributed by atoms with E-state index in [9.17, 15) is 9.18 Å². The lowest BCUT2D eigenvalue weighted by Gasteiger charge is -2.59. The van der Waals surface area contributed by atoms with Gasteiger partial charge in [-0.15, -0.1) is 0 Å². The number of halogens is 1. The third-order valence-electron chi connectivity index (χ3n) is 4.92. The molecule has 1 spiro atoms. The minimum atomic E-state index is -0.464. The Labute approximate surface area is 128 Å². The Morgan fingerprint density at radius 2 is 1.91 bits per heavy atom. The van der Waals surface area contributed by atoms with Gasteiger partial charge in [0.25, 0.3) is 5.91 Å². The number of benzene rings is 1. The van der Waals surface area contributed by atoms with Crippen LogP contribution in [0.15, 0.2) is 48.8 Å². The molecular weight excluding hydrogens is 279 g/mol. The van der Waals surface area contributed by atoms with Gasteiger partial charge in [0, 0.05) is 24.7 Å². The van der Waals surface area contributed by atoms with E-state index in [-0.39, 0.29) is 11.3 Å². The first-order valence-corrected chi connectivity index (χ1v) is 7.60. The maximum Gasteiger partial charge on any atom is 0.255 e. The molecule has 22 heavy (non-hydrogen) atoms. The lowest BCUT2D eigenvalue weighted by Crippen LogP contribution is -2.63. The summed E-state index contributed by atoms with van der Waals surface area (Å²) in [6.07, 6.45) is 4.83. The fraction of sp³-hybridized carbons (Fsp3) is 0.333. The van der Waals surface area contributed by atoms with E-state index >= 15 is 0 Å². The molecule has 4 rings (SSSR count). The second-order valence-electron chi connectivity index (χ2n) is 6.57. The molecule has 1 aromatic heterocycles. The molecule has 2 aromatic rings. The number of amides is 1. The maximum atomic E-state index is 13.1. The summed E-state index contributed by atoms with van der Waals surface area (Å²) in [4.78, 5) is 17.8. The zero-order valence-electron chi connectivity index (χ0n) is 12.2. The van der Waals surface area contributed by atoms with Gasteiger partial charge in [-0.05, 0) is 30.4 Å². The van der Waals surface area contributed by atoms with Crippen LogP contribution >= 0.6 is 0 Å². The summed E-state index contributed by atoms with van der Waals surface area (Å²) >= 11 is 0. The van der Waals surface area contributed by atoms with E-state index in [1.807, 2.05) is 6.07 Å². The predicted octanol–water partition coefficient (Wildman–Crippen LogP) is 3.24. The summed E-state index contributed by atoms with van der Waals surface area (Å²) in [7, 11) is 0. The Balaban J connectivity index is 1.36. The van der Waals surface area contributed by atoms with Gasteiger partial charge in [-0.3, -0.25) is 9.78 Å². The van der Waals surface area contributed by atoms with Crippen LogP contribution in [-0.2, 0) is 0 Å². The predicted molar refractivity (Wildman–Crippen MR) is 80.9 cm³/mol. The van der Waals surface area contributed by atoms with Crippen LogP contribution in [-0.4, -0.2) is 28.9 Å². The first-order chi connectivity index (χ1) is 10.7. The topological polar surface area (TPSA) is 33.2 Å². The van der Waals surface area contributed by atoms with Gasteiger partial charge in [0.1, 0.15) is 5.82 Å². The molecule has 112 valence electrons. The number of nitrogens with zero attached hydrogens (tertiary/aromatic N) is 2. The second kappa shape index (κ2) is 4.90. The van der Waals surface area contributed by atoms with Crippen molar-refractivity contribution in [1.82, 2.24) is 9.88 Å². The molecule has 4 heteroatoms. The molecule has 0 radical (unpaired) electrons. The van der Waals surface area contributed by atoms with Crippen LogP contribution in [0.4, 0.5) is 4.39 Å². The van der Waals surface area contributed by atoms with Crippen LogP contribution in [0.3, 0.4) is 0 Å². The van der Waals surface area contributed by atoms with Gasteiger partial charge in [0.05, 0.1) is 11.8 Å². The minimum absolute atomic E-state index is 0.110. The van der Waals surface area contributed by atoms with Crippen molar-refractivity contribution in [1.29, 1.82) is 0 Å². The third-order valence-corrected chi connectivity index (χ3v) is 4.92. The quantitative estimate of drug-likeness (QED) is 0.852. The minimum Gasteiger partial charge on any atom is -0.337 e. The monoisotopic (exact) mass is 296 g/mol. The van der Waals surface area contributed by atoms with Crippen LogP contribution in [0, 0.1) is 11.2 Å². The van der Waals surface area contributed by atoms with E-state index in [1.54, 1.807) is 4.90 Å². The molecule has 0 unspecified atom stereocenters. The van der Waals surface area contributed by atoms with Crippen LogP contribution in [0.5, 0.6) is 0 Å². The number of pyridine rings is 1. The van der Waals surface area contributed by atoms with E-state index in [1.165, 1.54) is 17.8 Å².